The van der Waals surface area contributed by atoms with Crippen molar-refractivity contribution in [2.45, 2.75) is 29.7 Å². The van der Waals surface area contributed by atoms with Gasteiger partial charge >= 0.3 is 0 Å². The number of rotatable bonds is 9. The van der Waals surface area contributed by atoms with Gasteiger partial charge < -0.3 is 16.0 Å². The summed E-state index contributed by atoms with van der Waals surface area (Å²) < 4.78 is 26.5. The van der Waals surface area contributed by atoms with E-state index >= 15 is 0 Å². The van der Waals surface area contributed by atoms with Gasteiger partial charge in [-0.2, -0.15) is 0 Å². The Hall–Kier alpha value is -4.43. The molecule has 4 rings (SSSR count). The van der Waals surface area contributed by atoms with Crippen LogP contribution in [0.1, 0.15) is 34.5 Å². The summed E-state index contributed by atoms with van der Waals surface area (Å²) in [7, 11) is -3.79. The van der Waals surface area contributed by atoms with E-state index in [2.05, 4.69) is 16.0 Å². The van der Waals surface area contributed by atoms with E-state index in [0.717, 1.165) is 11.1 Å². The molecule has 4 aromatic carbocycles. The largest absolute Gasteiger partial charge is 0.375 e. The lowest BCUT2D eigenvalue weighted by atomic mass is 10.1. The molecule has 1 atom stereocenters. The second kappa shape index (κ2) is 11.7. The number of hydrogen-bond donors (Lipinski definition) is 3. The fourth-order valence-corrected chi connectivity index (χ4v) is 5.39. The van der Waals surface area contributed by atoms with Gasteiger partial charge in [0, 0.05) is 0 Å². The Morgan fingerprint density at radius 2 is 1.37 bits per heavy atom. The minimum atomic E-state index is -3.79. The Bertz CT molecular complexity index is 1540. The van der Waals surface area contributed by atoms with Crippen LogP contribution in [0.2, 0.25) is 0 Å². The molecule has 3 N–H and O–H groups in total. The molecule has 0 bridgehead atoms. The SMILES string of the molecule is Cc1ccc(S(=O)(=O)c2ccccc2NCC(=O)Nc2ccccc2C(=O)NC(C)c2ccccc2)cc1. The average molecular weight is 528 g/mol. The van der Waals surface area contributed by atoms with Crippen molar-refractivity contribution in [2.75, 3.05) is 17.2 Å². The molecule has 0 radical (unpaired) electrons. The highest BCUT2D eigenvalue weighted by Gasteiger charge is 2.22. The highest BCUT2D eigenvalue weighted by molar-refractivity contribution is 7.91. The fraction of sp³-hybridized carbons (Fsp3) is 0.133. The van der Waals surface area contributed by atoms with Crippen molar-refractivity contribution >= 4 is 33.0 Å². The maximum atomic E-state index is 13.2. The molecule has 0 aliphatic carbocycles. The summed E-state index contributed by atoms with van der Waals surface area (Å²) in [5.41, 5.74) is 2.91. The van der Waals surface area contributed by atoms with Gasteiger partial charge in [-0.1, -0.05) is 72.3 Å². The zero-order valence-corrected chi connectivity index (χ0v) is 22.0. The summed E-state index contributed by atoms with van der Waals surface area (Å²) in [5, 5.41) is 8.64. The zero-order valence-electron chi connectivity index (χ0n) is 21.1. The standard InChI is InChI=1S/C30H29N3O4S/c1-21-16-18-24(19-17-21)38(36,37)28-15-9-8-14-27(28)31-20-29(34)33-26-13-7-6-12-25(26)30(35)32-22(2)23-10-4-3-5-11-23/h3-19,22,31H,20H2,1-2H3,(H,32,35)(H,33,34). The van der Waals surface area contributed by atoms with E-state index in [-0.39, 0.29) is 28.3 Å². The van der Waals surface area contributed by atoms with Crippen LogP contribution in [0.5, 0.6) is 0 Å². The van der Waals surface area contributed by atoms with E-state index in [0.29, 0.717) is 16.9 Å². The summed E-state index contributed by atoms with van der Waals surface area (Å²) in [6, 6.07) is 29.2. The quantitative estimate of drug-likeness (QED) is 0.272. The predicted octanol–water partition coefficient (Wildman–Crippen LogP) is 5.37. The molecule has 194 valence electrons. The van der Waals surface area contributed by atoms with Crippen LogP contribution in [0.3, 0.4) is 0 Å². The number of nitrogens with one attached hydrogen (secondary N) is 3. The van der Waals surface area contributed by atoms with Gasteiger partial charge in [-0.3, -0.25) is 9.59 Å². The first-order valence-corrected chi connectivity index (χ1v) is 13.6. The van der Waals surface area contributed by atoms with E-state index in [4.69, 9.17) is 0 Å². The van der Waals surface area contributed by atoms with Crippen LogP contribution in [-0.4, -0.2) is 26.8 Å². The smallest absolute Gasteiger partial charge is 0.253 e. The lowest BCUT2D eigenvalue weighted by molar-refractivity contribution is -0.114. The normalized spacial score (nSPS) is 11.8. The first-order chi connectivity index (χ1) is 18.3. The Balaban J connectivity index is 1.45. The molecular weight excluding hydrogens is 498 g/mol. The number of sulfone groups is 1. The second-order valence-corrected chi connectivity index (χ2v) is 10.8. The van der Waals surface area contributed by atoms with Gasteiger partial charge in [0.1, 0.15) is 0 Å². The van der Waals surface area contributed by atoms with Crippen LogP contribution in [0.15, 0.2) is 113 Å². The number of anilines is 2. The fourth-order valence-electron chi connectivity index (χ4n) is 3.95. The van der Waals surface area contributed by atoms with Crippen LogP contribution in [-0.2, 0) is 14.6 Å². The maximum absolute atomic E-state index is 13.2. The highest BCUT2D eigenvalue weighted by Crippen LogP contribution is 2.28. The molecular formula is C30H29N3O4S. The minimum absolute atomic E-state index is 0.0753. The van der Waals surface area contributed by atoms with Gasteiger partial charge in [-0.25, -0.2) is 8.42 Å². The predicted molar refractivity (Wildman–Crippen MR) is 149 cm³/mol. The lowest BCUT2D eigenvalue weighted by Gasteiger charge is -2.17. The van der Waals surface area contributed by atoms with Crippen molar-refractivity contribution in [3.8, 4) is 0 Å². The van der Waals surface area contributed by atoms with Crippen molar-refractivity contribution < 1.29 is 18.0 Å². The third-order valence-corrected chi connectivity index (χ3v) is 7.87. The van der Waals surface area contributed by atoms with E-state index < -0.39 is 15.7 Å². The molecule has 0 aliphatic rings. The van der Waals surface area contributed by atoms with Gasteiger partial charge in [0.15, 0.2) is 0 Å². The number of benzene rings is 4. The summed E-state index contributed by atoms with van der Waals surface area (Å²) in [6.07, 6.45) is 0. The summed E-state index contributed by atoms with van der Waals surface area (Å²) >= 11 is 0. The molecule has 0 aromatic heterocycles. The number of aryl methyl sites for hydroxylation is 1. The summed E-state index contributed by atoms with van der Waals surface area (Å²) in [5.74, 6) is -0.747. The third kappa shape index (κ3) is 6.27. The van der Waals surface area contributed by atoms with Gasteiger partial charge in [0.2, 0.25) is 15.7 Å². The van der Waals surface area contributed by atoms with Gasteiger partial charge in [0.05, 0.1) is 39.3 Å². The van der Waals surface area contributed by atoms with E-state index in [9.17, 15) is 18.0 Å². The molecule has 4 aromatic rings. The molecule has 2 amide bonds. The first kappa shape index (κ1) is 26.6. The van der Waals surface area contributed by atoms with Crippen molar-refractivity contribution in [3.05, 3.63) is 120 Å². The topological polar surface area (TPSA) is 104 Å². The number of para-hydroxylation sites is 2. The minimum Gasteiger partial charge on any atom is -0.375 e. The van der Waals surface area contributed by atoms with Gasteiger partial charge in [0.25, 0.3) is 5.91 Å². The number of amides is 2. The van der Waals surface area contributed by atoms with Crippen LogP contribution in [0.4, 0.5) is 11.4 Å². The number of carbonyl (C=O) groups is 2. The Morgan fingerprint density at radius 1 is 0.763 bits per heavy atom. The van der Waals surface area contributed by atoms with Gasteiger partial charge in [-0.05, 0) is 55.8 Å². The van der Waals surface area contributed by atoms with Gasteiger partial charge in [-0.15, -0.1) is 0 Å². The molecule has 7 nitrogen and oxygen atoms in total. The molecule has 0 heterocycles. The maximum Gasteiger partial charge on any atom is 0.253 e. The van der Waals surface area contributed by atoms with Crippen LogP contribution in [0, 0.1) is 6.92 Å². The zero-order chi connectivity index (χ0) is 27.1. The van der Waals surface area contributed by atoms with Crippen molar-refractivity contribution in [1.29, 1.82) is 0 Å². The Kier molecular flexibility index (Phi) is 8.23. The molecule has 0 spiro atoms. The molecule has 0 aliphatic heterocycles. The second-order valence-electron chi connectivity index (χ2n) is 8.87. The molecule has 1 unspecified atom stereocenters. The van der Waals surface area contributed by atoms with Crippen LogP contribution >= 0.6 is 0 Å². The monoisotopic (exact) mass is 527 g/mol. The number of carbonyl (C=O) groups excluding carboxylic acids is 2. The van der Waals surface area contributed by atoms with Crippen molar-refractivity contribution in [1.82, 2.24) is 5.32 Å². The number of hydrogen-bond acceptors (Lipinski definition) is 5. The summed E-state index contributed by atoms with van der Waals surface area (Å²) in [4.78, 5) is 26.0. The van der Waals surface area contributed by atoms with E-state index in [1.165, 1.54) is 6.07 Å². The van der Waals surface area contributed by atoms with Crippen molar-refractivity contribution in [2.24, 2.45) is 0 Å². The average Bonchev–Trinajstić information content (AvgIpc) is 2.93. The first-order valence-electron chi connectivity index (χ1n) is 12.1. The van der Waals surface area contributed by atoms with E-state index in [1.54, 1.807) is 66.7 Å². The molecule has 38 heavy (non-hydrogen) atoms. The molecule has 0 fully saturated rings. The Labute approximate surface area is 222 Å². The molecule has 8 heteroatoms. The molecule has 0 saturated heterocycles. The van der Waals surface area contributed by atoms with Crippen LogP contribution in [0.25, 0.3) is 0 Å². The molecule has 0 saturated carbocycles. The summed E-state index contributed by atoms with van der Waals surface area (Å²) in [6.45, 7) is 3.58. The lowest BCUT2D eigenvalue weighted by Crippen LogP contribution is -2.29. The van der Waals surface area contributed by atoms with E-state index in [1.807, 2.05) is 44.2 Å². The van der Waals surface area contributed by atoms with Crippen LogP contribution < -0.4 is 16.0 Å². The Morgan fingerprint density at radius 3 is 2.08 bits per heavy atom. The van der Waals surface area contributed by atoms with Crippen molar-refractivity contribution in [3.63, 3.8) is 0 Å². The highest BCUT2D eigenvalue weighted by atomic mass is 32.2. The third-order valence-electron chi connectivity index (χ3n) is 6.04.